The second kappa shape index (κ2) is 8.02. The second-order valence-electron chi connectivity index (χ2n) is 5.81. The van der Waals surface area contributed by atoms with Crippen molar-refractivity contribution >= 4 is 11.6 Å². The Hall–Kier alpha value is -0.570. The summed E-state index contributed by atoms with van der Waals surface area (Å²) in [5.41, 5.74) is 1.30. The molecule has 1 aromatic rings. The lowest BCUT2D eigenvalue weighted by Gasteiger charge is -2.25. The third-order valence-electron chi connectivity index (χ3n) is 4.17. The van der Waals surface area contributed by atoms with E-state index < -0.39 is 0 Å². The van der Waals surface area contributed by atoms with Crippen molar-refractivity contribution in [2.45, 2.75) is 51.1 Å². The van der Waals surface area contributed by atoms with E-state index >= 15 is 0 Å². The van der Waals surface area contributed by atoms with Gasteiger partial charge in [-0.1, -0.05) is 37.1 Å². The summed E-state index contributed by atoms with van der Waals surface area (Å²) in [6.07, 6.45) is 6.54. The molecule has 0 aliphatic heterocycles. The number of hydrogen-bond acceptors (Lipinski definition) is 2. The molecule has 1 N–H and O–H groups in total. The number of benzene rings is 1. The van der Waals surface area contributed by atoms with Crippen LogP contribution in [0, 0.1) is 0 Å². The fraction of sp³-hybridized carbons (Fsp3) is 0.647. The summed E-state index contributed by atoms with van der Waals surface area (Å²) >= 11 is 6.10. The fourth-order valence-electron chi connectivity index (χ4n) is 2.77. The summed E-state index contributed by atoms with van der Waals surface area (Å²) in [4.78, 5) is 2.68. The van der Waals surface area contributed by atoms with Crippen molar-refractivity contribution < 1.29 is 0 Å². The van der Waals surface area contributed by atoms with Crippen LogP contribution in [0.25, 0.3) is 0 Å². The Labute approximate surface area is 128 Å². The molecule has 112 valence electrons. The van der Waals surface area contributed by atoms with Crippen molar-refractivity contribution in [1.29, 1.82) is 0 Å². The van der Waals surface area contributed by atoms with Crippen LogP contribution in [0.4, 0.5) is 0 Å². The van der Waals surface area contributed by atoms with Crippen LogP contribution in [0.3, 0.4) is 0 Å². The summed E-state index contributed by atoms with van der Waals surface area (Å²) < 4.78 is 0. The Morgan fingerprint density at radius 3 is 2.75 bits per heavy atom. The zero-order chi connectivity index (χ0) is 14.4. The lowest BCUT2D eigenvalue weighted by molar-refractivity contribution is 0.245. The molecule has 1 fully saturated rings. The molecule has 1 unspecified atom stereocenters. The molecule has 1 aliphatic carbocycles. The molecule has 3 heteroatoms. The van der Waals surface area contributed by atoms with E-state index in [0.29, 0.717) is 6.04 Å². The molecule has 0 saturated heterocycles. The van der Waals surface area contributed by atoms with Gasteiger partial charge in [-0.3, -0.25) is 0 Å². The highest BCUT2D eigenvalue weighted by Gasteiger charge is 2.28. The lowest BCUT2D eigenvalue weighted by atomic mass is 10.0. The predicted octanol–water partition coefficient (Wildman–Crippen LogP) is 4.26. The van der Waals surface area contributed by atoms with E-state index in [2.05, 4.69) is 29.3 Å². The minimum absolute atomic E-state index is 0.400. The lowest BCUT2D eigenvalue weighted by Crippen LogP contribution is -2.31. The fourth-order valence-corrected chi connectivity index (χ4v) is 2.97. The van der Waals surface area contributed by atoms with Crippen molar-refractivity contribution in [3.05, 3.63) is 34.9 Å². The summed E-state index contributed by atoms with van der Waals surface area (Å²) in [6.45, 7) is 4.71. The first-order chi connectivity index (χ1) is 9.74. The number of nitrogens with zero attached hydrogens (tertiary/aromatic N) is 1. The molecule has 2 nitrogen and oxygen atoms in total. The maximum atomic E-state index is 6.10. The molecule has 1 atom stereocenters. The number of halogens is 1. The van der Waals surface area contributed by atoms with Crippen LogP contribution in [0.2, 0.25) is 5.02 Å². The zero-order valence-corrected chi connectivity index (χ0v) is 13.5. The normalized spacial score (nSPS) is 16.6. The Morgan fingerprint density at radius 2 is 2.15 bits per heavy atom. The third-order valence-corrected chi connectivity index (χ3v) is 4.40. The van der Waals surface area contributed by atoms with Gasteiger partial charge in [-0.25, -0.2) is 0 Å². The number of rotatable bonds is 9. The van der Waals surface area contributed by atoms with Gasteiger partial charge in [0.1, 0.15) is 0 Å². The smallest absolute Gasteiger partial charge is 0.0409 e. The topological polar surface area (TPSA) is 15.3 Å². The molecule has 0 amide bonds. The molecule has 0 bridgehead atoms. The van der Waals surface area contributed by atoms with Gasteiger partial charge in [0.25, 0.3) is 0 Å². The van der Waals surface area contributed by atoms with Crippen LogP contribution in [0.5, 0.6) is 0 Å². The predicted molar refractivity (Wildman–Crippen MR) is 87.4 cm³/mol. The van der Waals surface area contributed by atoms with E-state index in [0.717, 1.165) is 17.5 Å². The van der Waals surface area contributed by atoms with Gasteiger partial charge in [0, 0.05) is 23.7 Å². The molecule has 0 aromatic heterocycles. The minimum Gasteiger partial charge on any atom is -0.313 e. The minimum atomic E-state index is 0.400. The highest BCUT2D eigenvalue weighted by atomic mass is 35.5. The highest BCUT2D eigenvalue weighted by Crippen LogP contribution is 2.28. The molecular formula is C17H27ClN2. The SMILES string of the molecule is CCCCN(CCC(NC)c1cccc(Cl)c1)C1CC1. The summed E-state index contributed by atoms with van der Waals surface area (Å²) in [5, 5.41) is 4.26. The standard InChI is InChI=1S/C17H27ClN2/c1-3-4-11-20(16-8-9-16)12-10-17(19-2)14-6-5-7-15(18)13-14/h5-7,13,16-17,19H,3-4,8-12H2,1-2H3. The third kappa shape index (κ3) is 4.76. The van der Waals surface area contributed by atoms with Crippen LogP contribution in [0.1, 0.15) is 50.6 Å². The van der Waals surface area contributed by atoms with Crippen LogP contribution in [-0.2, 0) is 0 Å². The largest absolute Gasteiger partial charge is 0.313 e. The molecule has 1 aromatic carbocycles. The average Bonchev–Trinajstić information content (AvgIpc) is 3.27. The zero-order valence-electron chi connectivity index (χ0n) is 12.7. The molecule has 0 heterocycles. The number of unbranched alkanes of at least 4 members (excludes halogenated alkanes) is 1. The van der Waals surface area contributed by atoms with Crippen LogP contribution < -0.4 is 5.32 Å². The van der Waals surface area contributed by atoms with Crippen LogP contribution in [0.15, 0.2) is 24.3 Å². The first-order valence-corrected chi connectivity index (χ1v) is 8.29. The molecular weight excluding hydrogens is 268 g/mol. The Kier molecular flexibility index (Phi) is 6.34. The van der Waals surface area contributed by atoms with Crippen molar-refractivity contribution in [1.82, 2.24) is 10.2 Å². The van der Waals surface area contributed by atoms with Crippen molar-refractivity contribution in [2.75, 3.05) is 20.1 Å². The van der Waals surface area contributed by atoms with Gasteiger partial charge in [0.2, 0.25) is 0 Å². The van der Waals surface area contributed by atoms with Gasteiger partial charge in [0.15, 0.2) is 0 Å². The van der Waals surface area contributed by atoms with Crippen LogP contribution in [-0.4, -0.2) is 31.1 Å². The molecule has 2 rings (SSSR count). The molecule has 1 saturated carbocycles. The first-order valence-electron chi connectivity index (χ1n) is 7.91. The van der Waals surface area contributed by atoms with E-state index in [-0.39, 0.29) is 0 Å². The Morgan fingerprint density at radius 1 is 1.35 bits per heavy atom. The summed E-state index contributed by atoms with van der Waals surface area (Å²) in [5.74, 6) is 0. The monoisotopic (exact) mass is 294 g/mol. The van der Waals surface area contributed by atoms with Gasteiger partial charge in [0.05, 0.1) is 0 Å². The molecule has 20 heavy (non-hydrogen) atoms. The van der Waals surface area contributed by atoms with Crippen molar-refractivity contribution in [3.63, 3.8) is 0 Å². The highest BCUT2D eigenvalue weighted by molar-refractivity contribution is 6.30. The van der Waals surface area contributed by atoms with Gasteiger partial charge >= 0.3 is 0 Å². The first kappa shape index (κ1) is 15.8. The van der Waals surface area contributed by atoms with E-state index in [1.54, 1.807) is 0 Å². The van der Waals surface area contributed by atoms with E-state index in [1.165, 1.54) is 44.3 Å². The van der Waals surface area contributed by atoms with Crippen molar-refractivity contribution in [2.24, 2.45) is 0 Å². The maximum absolute atomic E-state index is 6.10. The number of nitrogens with one attached hydrogen (secondary N) is 1. The Bertz CT molecular complexity index is 404. The van der Waals surface area contributed by atoms with Gasteiger partial charge in [-0.15, -0.1) is 0 Å². The molecule has 0 radical (unpaired) electrons. The van der Waals surface area contributed by atoms with E-state index in [4.69, 9.17) is 11.6 Å². The maximum Gasteiger partial charge on any atom is 0.0409 e. The Balaban J connectivity index is 1.88. The van der Waals surface area contributed by atoms with Gasteiger partial charge < -0.3 is 10.2 Å². The van der Waals surface area contributed by atoms with Crippen LogP contribution >= 0.6 is 11.6 Å². The molecule has 0 spiro atoms. The summed E-state index contributed by atoms with van der Waals surface area (Å²) in [6, 6.07) is 9.49. The number of hydrogen-bond donors (Lipinski definition) is 1. The summed E-state index contributed by atoms with van der Waals surface area (Å²) in [7, 11) is 2.04. The van der Waals surface area contributed by atoms with Gasteiger partial charge in [-0.05, 0) is 57.0 Å². The van der Waals surface area contributed by atoms with E-state index in [9.17, 15) is 0 Å². The van der Waals surface area contributed by atoms with Crippen molar-refractivity contribution in [3.8, 4) is 0 Å². The average molecular weight is 295 g/mol. The second-order valence-corrected chi connectivity index (χ2v) is 6.24. The quantitative estimate of drug-likeness (QED) is 0.732. The van der Waals surface area contributed by atoms with Gasteiger partial charge in [-0.2, -0.15) is 0 Å². The van der Waals surface area contributed by atoms with E-state index in [1.807, 2.05) is 19.2 Å². The molecule has 1 aliphatic rings.